The summed E-state index contributed by atoms with van der Waals surface area (Å²) in [7, 11) is -2.32. The molecule has 0 amide bonds. The smallest absolute Gasteiger partial charge is 0.238 e. The summed E-state index contributed by atoms with van der Waals surface area (Å²) >= 11 is 0. The highest BCUT2D eigenvalue weighted by Crippen LogP contribution is 2.32. The number of primary sulfonamides is 1. The molecular weight excluding hydrogens is 319 g/mol. The number of hydrogen-bond donors (Lipinski definition) is 1. The van der Waals surface area contributed by atoms with Crippen LogP contribution in [0.3, 0.4) is 0 Å². The first kappa shape index (κ1) is 15.8. The number of nitrogens with two attached hydrogens (primary N) is 1. The van der Waals surface area contributed by atoms with Crippen LogP contribution >= 0.6 is 0 Å². The molecule has 0 radical (unpaired) electrons. The molecule has 0 saturated heterocycles. The number of fused-ring (bicyclic) bond motifs is 1. The Morgan fingerprint density at radius 2 is 2.04 bits per heavy atom. The van der Waals surface area contributed by atoms with Gasteiger partial charge >= 0.3 is 0 Å². The minimum Gasteiger partial charge on any atom is -0.494 e. The highest BCUT2D eigenvalue weighted by atomic mass is 32.2. The third-order valence-corrected chi connectivity index (χ3v) is 4.88. The molecule has 3 rings (SSSR count). The lowest BCUT2D eigenvalue weighted by Crippen LogP contribution is -2.20. The number of anilines is 1. The second kappa shape index (κ2) is 5.82. The average molecular weight is 336 g/mol. The van der Waals surface area contributed by atoms with E-state index in [2.05, 4.69) is 0 Å². The van der Waals surface area contributed by atoms with Gasteiger partial charge in [0.1, 0.15) is 0 Å². The van der Waals surface area contributed by atoms with Gasteiger partial charge in [0.15, 0.2) is 11.6 Å². The van der Waals surface area contributed by atoms with Gasteiger partial charge in [0.25, 0.3) is 0 Å². The molecule has 0 fully saturated rings. The van der Waals surface area contributed by atoms with E-state index in [-0.39, 0.29) is 10.6 Å². The van der Waals surface area contributed by atoms with Gasteiger partial charge in [-0.05, 0) is 41.8 Å². The Morgan fingerprint density at radius 1 is 1.26 bits per heavy atom. The summed E-state index contributed by atoms with van der Waals surface area (Å²) in [5, 5.41) is 5.19. The summed E-state index contributed by atoms with van der Waals surface area (Å²) in [6.07, 6.45) is 0.818. The van der Waals surface area contributed by atoms with Gasteiger partial charge < -0.3 is 9.64 Å². The molecule has 0 unspecified atom stereocenters. The van der Waals surface area contributed by atoms with Gasteiger partial charge in [-0.15, -0.1) is 0 Å². The van der Waals surface area contributed by atoms with Crippen LogP contribution in [0.2, 0.25) is 0 Å². The molecular formula is C16H17FN2O3S. The standard InChI is InChI=1S/C16H17FN2O3S/c1-22-16-5-2-11(8-14(16)17)10-19-7-6-12-3-4-13(9-15(12)19)23(18,20)21/h2-5,8-9H,6-7,10H2,1H3,(H2,18,20,21). The largest absolute Gasteiger partial charge is 0.494 e. The molecule has 1 heterocycles. The predicted octanol–water partition coefficient (Wildman–Crippen LogP) is 2.04. The summed E-state index contributed by atoms with van der Waals surface area (Å²) in [4.78, 5) is 2.11. The van der Waals surface area contributed by atoms with Crippen LogP contribution in [-0.4, -0.2) is 22.1 Å². The fourth-order valence-corrected chi connectivity index (χ4v) is 3.33. The molecule has 7 heteroatoms. The van der Waals surface area contributed by atoms with Gasteiger partial charge in [0.05, 0.1) is 12.0 Å². The van der Waals surface area contributed by atoms with Crippen molar-refractivity contribution in [2.75, 3.05) is 18.6 Å². The van der Waals surface area contributed by atoms with Crippen LogP contribution in [0.4, 0.5) is 10.1 Å². The topological polar surface area (TPSA) is 72.6 Å². The molecule has 1 aliphatic heterocycles. The Morgan fingerprint density at radius 3 is 2.70 bits per heavy atom. The lowest BCUT2D eigenvalue weighted by atomic mass is 10.1. The summed E-state index contributed by atoms with van der Waals surface area (Å²) in [5.41, 5.74) is 2.68. The monoisotopic (exact) mass is 336 g/mol. The highest BCUT2D eigenvalue weighted by Gasteiger charge is 2.22. The van der Waals surface area contributed by atoms with Gasteiger partial charge in [-0.2, -0.15) is 0 Å². The fraction of sp³-hybridized carbons (Fsp3) is 0.250. The number of benzene rings is 2. The first-order chi connectivity index (χ1) is 10.9. The van der Waals surface area contributed by atoms with Crippen molar-refractivity contribution in [1.82, 2.24) is 0 Å². The van der Waals surface area contributed by atoms with E-state index in [9.17, 15) is 12.8 Å². The molecule has 2 aromatic rings. The van der Waals surface area contributed by atoms with E-state index in [0.29, 0.717) is 6.54 Å². The number of methoxy groups -OCH3 is 1. The summed E-state index contributed by atoms with van der Waals surface area (Å²) in [6, 6.07) is 9.69. The van der Waals surface area contributed by atoms with Crippen LogP contribution in [0.1, 0.15) is 11.1 Å². The van der Waals surface area contributed by atoms with Gasteiger partial charge in [0, 0.05) is 18.8 Å². The normalized spacial score (nSPS) is 14.0. The van der Waals surface area contributed by atoms with Crippen LogP contribution in [0, 0.1) is 5.82 Å². The van der Waals surface area contributed by atoms with Gasteiger partial charge in [-0.3, -0.25) is 0 Å². The number of ether oxygens (including phenoxy) is 1. The highest BCUT2D eigenvalue weighted by molar-refractivity contribution is 7.89. The van der Waals surface area contributed by atoms with E-state index in [1.54, 1.807) is 24.3 Å². The van der Waals surface area contributed by atoms with Crippen LogP contribution in [0.25, 0.3) is 0 Å². The lowest BCUT2D eigenvalue weighted by Gasteiger charge is -2.20. The van der Waals surface area contributed by atoms with E-state index >= 15 is 0 Å². The van der Waals surface area contributed by atoms with Gasteiger partial charge in [-0.25, -0.2) is 17.9 Å². The predicted molar refractivity (Wildman–Crippen MR) is 85.5 cm³/mol. The Bertz CT molecular complexity index is 852. The molecule has 0 saturated carbocycles. The molecule has 0 spiro atoms. The first-order valence-corrected chi connectivity index (χ1v) is 8.66. The lowest BCUT2D eigenvalue weighted by molar-refractivity contribution is 0.386. The van der Waals surface area contributed by atoms with Gasteiger partial charge in [0.2, 0.25) is 10.0 Å². The molecule has 2 N–H and O–H groups in total. The summed E-state index contributed by atoms with van der Waals surface area (Å²) in [6.45, 7) is 1.24. The van der Waals surface area contributed by atoms with Crippen molar-refractivity contribution >= 4 is 15.7 Å². The van der Waals surface area contributed by atoms with Crippen molar-refractivity contribution < 1.29 is 17.5 Å². The number of nitrogens with zero attached hydrogens (tertiary/aromatic N) is 1. The quantitative estimate of drug-likeness (QED) is 0.927. The van der Waals surface area contributed by atoms with Crippen molar-refractivity contribution in [2.45, 2.75) is 17.9 Å². The van der Waals surface area contributed by atoms with Crippen LogP contribution in [0.5, 0.6) is 5.75 Å². The Labute approximate surface area is 134 Å². The third-order valence-electron chi connectivity index (χ3n) is 3.97. The van der Waals surface area contributed by atoms with E-state index < -0.39 is 15.8 Å². The average Bonchev–Trinajstić information content (AvgIpc) is 2.89. The van der Waals surface area contributed by atoms with Crippen LogP contribution in [0.15, 0.2) is 41.3 Å². The minimum atomic E-state index is -3.74. The van der Waals surface area contributed by atoms with Crippen molar-refractivity contribution in [3.05, 3.63) is 53.3 Å². The molecule has 23 heavy (non-hydrogen) atoms. The number of sulfonamides is 1. The Balaban J connectivity index is 1.89. The molecule has 122 valence electrons. The fourth-order valence-electron chi connectivity index (χ4n) is 2.80. The van der Waals surface area contributed by atoms with Crippen LogP contribution in [-0.2, 0) is 23.0 Å². The first-order valence-electron chi connectivity index (χ1n) is 7.11. The van der Waals surface area contributed by atoms with Crippen molar-refractivity contribution in [3.8, 4) is 5.75 Å². The molecule has 0 atom stereocenters. The van der Waals surface area contributed by atoms with E-state index in [0.717, 1.165) is 29.8 Å². The van der Waals surface area contributed by atoms with E-state index in [1.165, 1.54) is 19.2 Å². The maximum Gasteiger partial charge on any atom is 0.238 e. The summed E-state index contributed by atoms with van der Waals surface area (Å²) in [5.74, 6) is -0.213. The maximum atomic E-state index is 13.8. The molecule has 5 nitrogen and oxygen atoms in total. The molecule has 2 aromatic carbocycles. The molecule has 0 aliphatic carbocycles. The SMILES string of the molecule is COc1ccc(CN2CCc3ccc(S(N)(=O)=O)cc32)cc1F. The third kappa shape index (κ3) is 3.16. The molecule has 0 aromatic heterocycles. The summed E-state index contributed by atoms with van der Waals surface area (Å²) < 4.78 is 41.7. The number of rotatable bonds is 4. The van der Waals surface area contributed by atoms with Crippen molar-refractivity contribution in [3.63, 3.8) is 0 Å². The molecule has 0 bridgehead atoms. The Kier molecular flexibility index (Phi) is 3.99. The van der Waals surface area contributed by atoms with Crippen molar-refractivity contribution in [2.24, 2.45) is 5.14 Å². The van der Waals surface area contributed by atoms with Crippen molar-refractivity contribution in [1.29, 1.82) is 0 Å². The zero-order valence-corrected chi connectivity index (χ0v) is 13.4. The van der Waals surface area contributed by atoms with E-state index in [4.69, 9.17) is 9.88 Å². The number of hydrogen-bond acceptors (Lipinski definition) is 4. The van der Waals surface area contributed by atoms with E-state index in [1.807, 2.05) is 4.90 Å². The van der Waals surface area contributed by atoms with Gasteiger partial charge in [-0.1, -0.05) is 12.1 Å². The maximum absolute atomic E-state index is 13.8. The Hall–Kier alpha value is -2.12. The minimum absolute atomic E-state index is 0.0871. The second-order valence-corrected chi connectivity index (χ2v) is 7.04. The zero-order chi connectivity index (χ0) is 16.6. The second-order valence-electron chi connectivity index (χ2n) is 5.48. The van der Waals surface area contributed by atoms with Crippen LogP contribution < -0.4 is 14.8 Å². The number of halogens is 1. The zero-order valence-electron chi connectivity index (χ0n) is 12.6. The molecule has 1 aliphatic rings.